The number of carbonyl (C=O) groups is 1. The number of nitrogens with zero attached hydrogens (tertiary/aromatic N) is 1. The highest BCUT2D eigenvalue weighted by Gasteiger charge is 2.44. The summed E-state index contributed by atoms with van der Waals surface area (Å²) in [7, 11) is 0. The van der Waals surface area contributed by atoms with E-state index in [4.69, 9.17) is 22.0 Å². The van der Waals surface area contributed by atoms with Gasteiger partial charge >= 0.3 is 5.97 Å². The fourth-order valence-corrected chi connectivity index (χ4v) is 3.71. The predicted molar refractivity (Wildman–Crippen MR) is 76.2 cm³/mol. The molecule has 0 amide bonds. The fraction of sp³-hybridized carbons (Fsp3) is 0.429. The second kappa shape index (κ2) is 5.85. The number of rotatable bonds is 6. The van der Waals surface area contributed by atoms with E-state index in [9.17, 15) is 4.79 Å². The molecule has 0 radical (unpaired) electrons. The third kappa shape index (κ3) is 3.89. The summed E-state index contributed by atoms with van der Waals surface area (Å²) in [5.74, 6) is 0.899. The molecule has 1 aliphatic carbocycles. The van der Waals surface area contributed by atoms with Gasteiger partial charge in [0.1, 0.15) is 0 Å². The molecule has 5 heteroatoms. The maximum Gasteiger partial charge on any atom is 0.303 e. The molecule has 19 heavy (non-hydrogen) atoms. The number of hydrogen-bond acceptors (Lipinski definition) is 3. The van der Waals surface area contributed by atoms with Gasteiger partial charge in [-0.05, 0) is 41.7 Å². The number of carboxylic acid groups (broad SMARTS) is 1. The van der Waals surface area contributed by atoms with Crippen LogP contribution in [0.25, 0.3) is 0 Å². The lowest BCUT2D eigenvalue weighted by Crippen LogP contribution is -2.11. The molecular weight excluding hydrogens is 282 g/mol. The Balaban J connectivity index is 1.86. The zero-order valence-corrected chi connectivity index (χ0v) is 11.9. The maximum absolute atomic E-state index is 10.8. The second-order valence-electron chi connectivity index (χ2n) is 4.98. The Morgan fingerprint density at radius 3 is 2.79 bits per heavy atom. The molecule has 0 heterocycles. The Hall–Kier alpha value is -1.18. The molecule has 0 saturated heterocycles. The summed E-state index contributed by atoms with van der Waals surface area (Å²) in [6, 6.07) is 7.34. The van der Waals surface area contributed by atoms with Crippen LogP contribution in [0.2, 0.25) is 5.02 Å². The molecule has 0 spiro atoms. The lowest BCUT2D eigenvalue weighted by molar-refractivity contribution is -0.138. The van der Waals surface area contributed by atoms with Gasteiger partial charge in [0.05, 0.1) is 18.1 Å². The van der Waals surface area contributed by atoms with Crippen LogP contribution in [0.5, 0.6) is 0 Å². The molecule has 3 nitrogen and oxygen atoms in total. The molecule has 1 N–H and O–H groups in total. The molecule has 0 aliphatic heterocycles. The van der Waals surface area contributed by atoms with Crippen LogP contribution in [0, 0.1) is 16.7 Å². The van der Waals surface area contributed by atoms with E-state index in [0.717, 1.165) is 29.9 Å². The van der Waals surface area contributed by atoms with Crippen molar-refractivity contribution in [2.45, 2.75) is 25.0 Å². The monoisotopic (exact) mass is 295 g/mol. The summed E-state index contributed by atoms with van der Waals surface area (Å²) in [6.07, 6.45) is 2.28. The Morgan fingerprint density at radius 2 is 2.26 bits per heavy atom. The van der Waals surface area contributed by atoms with Gasteiger partial charge in [-0.2, -0.15) is 17.0 Å². The van der Waals surface area contributed by atoms with Crippen molar-refractivity contribution < 1.29 is 9.90 Å². The lowest BCUT2D eigenvalue weighted by Gasteiger charge is -2.12. The summed E-state index contributed by atoms with van der Waals surface area (Å²) in [5, 5.41) is 18.2. The average molecular weight is 296 g/mol. The van der Waals surface area contributed by atoms with E-state index < -0.39 is 5.97 Å². The number of aliphatic carboxylic acids is 1. The summed E-state index contributed by atoms with van der Waals surface area (Å²) in [6.45, 7) is 0. The van der Waals surface area contributed by atoms with Crippen LogP contribution in [-0.2, 0) is 10.5 Å². The SMILES string of the molecule is N#Cc1ccc(CSCC2(CC(=O)O)CC2)c(Cl)c1. The van der Waals surface area contributed by atoms with Crippen molar-refractivity contribution in [2.75, 3.05) is 5.75 Å². The van der Waals surface area contributed by atoms with Crippen LogP contribution in [0.15, 0.2) is 18.2 Å². The molecule has 0 unspecified atom stereocenters. The average Bonchev–Trinajstić information content (AvgIpc) is 3.10. The lowest BCUT2D eigenvalue weighted by atomic mass is 10.1. The van der Waals surface area contributed by atoms with E-state index in [1.165, 1.54) is 0 Å². The molecule has 1 aromatic rings. The largest absolute Gasteiger partial charge is 0.481 e. The van der Waals surface area contributed by atoms with Gasteiger partial charge in [0, 0.05) is 10.8 Å². The summed E-state index contributed by atoms with van der Waals surface area (Å²) < 4.78 is 0. The third-order valence-corrected chi connectivity index (χ3v) is 5.01. The highest BCUT2D eigenvalue weighted by molar-refractivity contribution is 7.98. The zero-order chi connectivity index (χ0) is 13.9. The third-order valence-electron chi connectivity index (χ3n) is 3.33. The topological polar surface area (TPSA) is 61.1 Å². The first-order valence-corrected chi connectivity index (χ1v) is 7.56. The van der Waals surface area contributed by atoms with Gasteiger partial charge in [-0.3, -0.25) is 4.79 Å². The van der Waals surface area contributed by atoms with Crippen LogP contribution >= 0.6 is 23.4 Å². The van der Waals surface area contributed by atoms with Crippen molar-refractivity contribution in [1.82, 2.24) is 0 Å². The summed E-state index contributed by atoms with van der Waals surface area (Å²) in [4.78, 5) is 10.8. The predicted octanol–water partition coefficient (Wildman–Crippen LogP) is 3.70. The fourth-order valence-electron chi connectivity index (χ4n) is 1.98. The molecule has 1 saturated carbocycles. The standard InChI is InChI=1S/C14H14ClNO2S/c15-12-5-10(7-16)1-2-11(12)8-19-9-14(3-4-14)6-13(17)18/h1-2,5H,3-4,6,8-9H2,(H,17,18). The van der Waals surface area contributed by atoms with Crippen LogP contribution in [0.1, 0.15) is 30.4 Å². The van der Waals surface area contributed by atoms with Crippen LogP contribution in [0.4, 0.5) is 0 Å². The minimum absolute atomic E-state index is 0.00950. The molecule has 0 bridgehead atoms. The summed E-state index contributed by atoms with van der Waals surface area (Å²) >= 11 is 7.81. The number of carboxylic acids is 1. The molecule has 1 aliphatic rings. The Bertz CT molecular complexity index is 535. The molecule has 0 atom stereocenters. The first-order chi connectivity index (χ1) is 9.04. The quantitative estimate of drug-likeness (QED) is 0.869. The molecule has 0 aromatic heterocycles. The van der Waals surface area contributed by atoms with Crippen molar-refractivity contribution in [3.8, 4) is 6.07 Å². The van der Waals surface area contributed by atoms with Crippen molar-refractivity contribution >= 4 is 29.3 Å². The number of thioether (sulfide) groups is 1. The van der Waals surface area contributed by atoms with Gasteiger partial charge in [-0.25, -0.2) is 0 Å². The minimum Gasteiger partial charge on any atom is -0.481 e. The van der Waals surface area contributed by atoms with Gasteiger partial charge in [0.15, 0.2) is 0 Å². The highest BCUT2D eigenvalue weighted by Crippen LogP contribution is 2.51. The Labute approximate surface area is 121 Å². The first-order valence-electron chi connectivity index (χ1n) is 6.03. The molecule has 1 fully saturated rings. The van der Waals surface area contributed by atoms with E-state index in [1.807, 2.05) is 6.07 Å². The number of halogens is 1. The highest BCUT2D eigenvalue weighted by atomic mass is 35.5. The molecular formula is C14H14ClNO2S. The van der Waals surface area contributed by atoms with Crippen LogP contribution < -0.4 is 0 Å². The second-order valence-corrected chi connectivity index (χ2v) is 6.37. The van der Waals surface area contributed by atoms with Gasteiger partial charge in [-0.15, -0.1) is 0 Å². The van der Waals surface area contributed by atoms with Crippen molar-refractivity contribution in [3.63, 3.8) is 0 Å². The Morgan fingerprint density at radius 1 is 1.53 bits per heavy atom. The first kappa shape index (κ1) is 14.2. The number of benzene rings is 1. The van der Waals surface area contributed by atoms with Gasteiger partial charge in [0.2, 0.25) is 0 Å². The van der Waals surface area contributed by atoms with E-state index in [-0.39, 0.29) is 11.8 Å². The van der Waals surface area contributed by atoms with Crippen molar-refractivity contribution in [3.05, 3.63) is 34.3 Å². The normalized spacial score (nSPS) is 15.8. The molecule has 100 valence electrons. The minimum atomic E-state index is -0.713. The van der Waals surface area contributed by atoms with Gasteiger partial charge in [0.25, 0.3) is 0 Å². The van der Waals surface area contributed by atoms with Crippen molar-refractivity contribution in [1.29, 1.82) is 5.26 Å². The number of nitriles is 1. The molecule has 1 aromatic carbocycles. The van der Waals surface area contributed by atoms with E-state index >= 15 is 0 Å². The van der Waals surface area contributed by atoms with Gasteiger partial charge in [-0.1, -0.05) is 17.7 Å². The number of hydrogen-bond donors (Lipinski definition) is 1. The van der Waals surface area contributed by atoms with Crippen LogP contribution in [-0.4, -0.2) is 16.8 Å². The van der Waals surface area contributed by atoms with E-state index in [0.29, 0.717) is 10.6 Å². The maximum atomic E-state index is 10.8. The van der Waals surface area contributed by atoms with Gasteiger partial charge < -0.3 is 5.11 Å². The van der Waals surface area contributed by atoms with Crippen LogP contribution in [0.3, 0.4) is 0 Å². The zero-order valence-electron chi connectivity index (χ0n) is 10.4. The van der Waals surface area contributed by atoms with E-state index in [1.54, 1.807) is 23.9 Å². The smallest absolute Gasteiger partial charge is 0.303 e. The Kier molecular flexibility index (Phi) is 4.38. The van der Waals surface area contributed by atoms with E-state index in [2.05, 4.69) is 6.07 Å². The van der Waals surface area contributed by atoms with Crippen molar-refractivity contribution in [2.24, 2.45) is 5.41 Å². The summed E-state index contributed by atoms with van der Waals surface area (Å²) in [5.41, 5.74) is 1.57. The molecule has 2 rings (SSSR count).